The first-order chi connectivity index (χ1) is 8.75. The van der Waals surface area contributed by atoms with Crippen LogP contribution in [-0.4, -0.2) is 19.8 Å². The first-order valence-corrected chi connectivity index (χ1v) is 5.92. The minimum Gasteiger partial charge on any atom is -0.378 e. The van der Waals surface area contributed by atoms with Gasteiger partial charge in [-0.3, -0.25) is 5.10 Å². The Labute approximate surface area is 105 Å². The molecule has 5 heteroatoms. The molecule has 0 aliphatic rings. The summed E-state index contributed by atoms with van der Waals surface area (Å²) in [4.78, 5) is 0. The number of nitrogens with one attached hydrogen (secondary N) is 2. The molecule has 3 heterocycles. The molecule has 0 saturated carbocycles. The third-order valence-corrected chi connectivity index (χ3v) is 3.09. The van der Waals surface area contributed by atoms with Gasteiger partial charge in [0.25, 0.3) is 0 Å². The highest BCUT2D eigenvalue weighted by molar-refractivity contribution is 5.57. The van der Waals surface area contributed by atoms with E-state index in [2.05, 4.69) is 26.7 Å². The molecule has 0 saturated heterocycles. The van der Waals surface area contributed by atoms with Crippen LogP contribution in [0.1, 0.15) is 17.0 Å². The average Bonchev–Trinajstić information content (AvgIpc) is 2.93. The molecule has 0 amide bonds. The van der Waals surface area contributed by atoms with E-state index >= 15 is 0 Å². The zero-order valence-electron chi connectivity index (χ0n) is 10.4. The Morgan fingerprint density at radius 2 is 2.22 bits per heavy atom. The summed E-state index contributed by atoms with van der Waals surface area (Å²) in [5, 5.41) is 14.9. The Hall–Kier alpha value is -2.30. The maximum Gasteiger partial charge on any atom is 0.0825 e. The molecule has 3 rings (SSSR count). The summed E-state index contributed by atoms with van der Waals surface area (Å²) in [5.74, 6) is 0. The summed E-state index contributed by atoms with van der Waals surface area (Å²) in [7, 11) is 0. The Balaban J connectivity index is 1.85. The summed E-state index contributed by atoms with van der Waals surface area (Å²) >= 11 is 0. The van der Waals surface area contributed by atoms with Crippen LogP contribution < -0.4 is 5.32 Å². The van der Waals surface area contributed by atoms with Crippen molar-refractivity contribution in [3.63, 3.8) is 0 Å². The van der Waals surface area contributed by atoms with Crippen molar-refractivity contribution in [2.24, 2.45) is 0 Å². The van der Waals surface area contributed by atoms with E-state index in [4.69, 9.17) is 0 Å². The Bertz CT molecular complexity index is 660. The third-order valence-electron chi connectivity index (χ3n) is 3.09. The van der Waals surface area contributed by atoms with E-state index in [0.717, 1.165) is 29.1 Å². The Kier molecular flexibility index (Phi) is 2.51. The normalized spacial score (nSPS) is 11.0. The van der Waals surface area contributed by atoms with Gasteiger partial charge in [-0.15, -0.1) is 0 Å². The Morgan fingerprint density at radius 3 is 3.00 bits per heavy atom. The fourth-order valence-electron chi connectivity index (χ4n) is 2.12. The molecule has 0 spiro atoms. The van der Waals surface area contributed by atoms with Crippen LogP contribution in [0.25, 0.3) is 5.52 Å². The maximum absolute atomic E-state index is 4.32. The molecule has 0 atom stereocenters. The topological polar surface area (TPSA) is 58.0 Å². The van der Waals surface area contributed by atoms with E-state index in [1.807, 2.05) is 42.9 Å². The van der Waals surface area contributed by atoms with Gasteiger partial charge >= 0.3 is 0 Å². The molecule has 5 nitrogen and oxygen atoms in total. The number of H-pyrrole nitrogens is 1. The largest absolute Gasteiger partial charge is 0.378 e. The van der Waals surface area contributed by atoms with Crippen molar-refractivity contribution < 1.29 is 0 Å². The molecule has 3 aromatic heterocycles. The summed E-state index contributed by atoms with van der Waals surface area (Å²) in [6, 6.07) is 6.07. The van der Waals surface area contributed by atoms with E-state index in [-0.39, 0.29) is 0 Å². The number of hydrogen-bond donors (Lipinski definition) is 2. The van der Waals surface area contributed by atoms with Crippen molar-refractivity contribution in [2.45, 2.75) is 20.4 Å². The van der Waals surface area contributed by atoms with Gasteiger partial charge in [0, 0.05) is 18.3 Å². The molecule has 2 N–H and O–H groups in total. The highest BCUT2D eigenvalue weighted by atomic mass is 15.2. The van der Waals surface area contributed by atoms with E-state index in [9.17, 15) is 0 Å². The molecule has 0 unspecified atom stereocenters. The number of hydrogen-bond acceptors (Lipinski definition) is 3. The van der Waals surface area contributed by atoms with Crippen LogP contribution in [0.15, 0.2) is 30.6 Å². The van der Waals surface area contributed by atoms with Crippen molar-refractivity contribution >= 4 is 11.2 Å². The second-order valence-electron chi connectivity index (χ2n) is 4.36. The van der Waals surface area contributed by atoms with Gasteiger partial charge in [-0.25, -0.2) is 4.52 Å². The molecule has 0 fully saturated rings. The lowest BCUT2D eigenvalue weighted by Gasteiger charge is -2.05. The van der Waals surface area contributed by atoms with Crippen LogP contribution in [0.3, 0.4) is 0 Å². The van der Waals surface area contributed by atoms with Gasteiger partial charge < -0.3 is 5.32 Å². The predicted molar refractivity (Wildman–Crippen MR) is 70.6 cm³/mol. The van der Waals surface area contributed by atoms with E-state index in [1.165, 1.54) is 5.56 Å². The van der Waals surface area contributed by atoms with E-state index < -0.39 is 0 Å². The highest BCUT2D eigenvalue weighted by Crippen LogP contribution is 2.18. The lowest BCUT2D eigenvalue weighted by Crippen LogP contribution is -2.00. The van der Waals surface area contributed by atoms with Crippen LogP contribution in [0.4, 0.5) is 5.69 Å². The van der Waals surface area contributed by atoms with Gasteiger partial charge in [-0.2, -0.15) is 10.2 Å². The number of fused-ring (bicyclic) bond motifs is 1. The second-order valence-corrected chi connectivity index (χ2v) is 4.36. The summed E-state index contributed by atoms with van der Waals surface area (Å²) < 4.78 is 1.88. The molecule has 18 heavy (non-hydrogen) atoms. The Morgan fingerprint density at radius 1 is 1.33 bits per heavy atom. The van der Waals surface area contributed by atoms with Crippen molar-refractivity contribution in [2.75, 3.05) is 5.32 Å². The number of aromatic nitrogens is 4. The zero-order chi connectivity index (χ0) is 12.5. The van der Waals surface area contributed by atoms with Crippen molar-refractivity contribution in [3.8, 4) is 0 Å². The molecular weight excluding hydrogens is 226 g/mol. The minimum atomic E-state index is 0.745. The van der Waals surface area contributed by atoms with Crippen LogP contribution in [0.2, 0.25) is 0 Å². The first-order valence-electron chi connectivity index (χ1n) is 5.92. The van der Waals surface area contributed by atoms with E-state index in [0.29, 0.717) is 0 Å². The molecule has 92 valence electrons. The first kappa shape index (κ1) is 10.8. The number of aryl methyl sites for hydroxylation is 2. The van der Waals surface area contributed by atoms with Gasteiger partial charge in [0.1, 0.15) is 0 Å². The third kappa shape index (κ3) is 1.73. The molecule has 0 aliphatic heterocycles. The lowest BCUT2D eigenvalue weighted by atomic mass is 10.2. The van der Waals surface area contributed by atoms with Crippen molar-refractivity contribution in [1.29, 1.82) is 0 Å². The predicted octanol–water partition coefficient (Wildman–Crippen LogP) is 2.29. The molecular formula is C13H15N5. The van der Waals surface area contributed by atoms with Crippen molar-refractivity contribution in [1.82, 2.24) is 19.8 Å². The minimum absolute atomic E-state index is 0.745. The number of nitrogens with zero attached hydrogens (tertiary/aromatic N) is 3. The SMILES string of the molecule is Cc1n[nH]c(C)c1NCc1cnn2ccccc12. The fourth-order valence-corrected chi connectivity index (χ4v) is 2.12. The van der Waals surface area contributed by atoms with Crippen LogP contribution in [-0.2, 0) is 6.54 Å². The number of aromatic amines is 1. The molecule has 0 aliphatic carbocycles. The number of anilines is 1. The van der Waals surface area contributed by atoms with Gasteiger partial charge in [0.2, 0.25) is 0 Å². The maximum atomic E-state index is 4.32. The monoisotopic (exact) mass is 241 g/mol. The fraction of sp³-hybridized carbons (Fsp3) is 0.231. The van der Waals surface area contributed by atoms with Crippen LogP contribution in [0, 0.1) is 13.8 Å². The van der Waals surface area contributed by atoms with E-state index in [1.54, 1.807) is 0 Å². The van der Waals surface area contributed by atoms with Crippen LogP contribution >= 0.6 is 0 Å². The molecule has 3 aromatic rings. The summed E-state index contributed by atoms with van der Waals surface area (Å²) in [6.07, 6.45) is 3.85. The second kappa shape index (κ2) is 4.18. The highest BCUT2D eigenvalue weighted by Gasteiger charge is 2.07. The quantitative estimate of drug-likeness (QED) is 0.739. The van der Waals surface area contributed by atoms with Crippen molar-refractivity contribution in [3.05, 3.63) is 47.5 Å². The summed E-state index contributed by atoms with van der Waals surface area (Å²) in [5.41, 5.74) is 5.43. The van der Waals surface area contributed by atoms with Gasteiger partial charge in [-0.05, 0) is 26.0 Å². The average molecular weight is 241 g/mol. The molecule has 0 aromatic carbocycles. The summed E-state index contributed by atoms with van der Waals surface area (Å²) in [6.45, 7) is 4.75. The number of rotatable bonds is 3. The van der Waals surface area contributed by atoms with Gasteiger partial charge in [0.15, 0.2) is 0 Å². The zero-order valence-corrected chi connectivity index (χ0v) is 10.4. The lowest BCUT2D eigenvalue weighted by molar-refractivity contribution is 0.961. The van der Waals surface area contributed by atoms with Gasteiger partial charge in [-0.1, -0.05) is 6.07 Å². The van der Waals surface area contributed by atoms with Crippen LogP contribution in [0.5, 0.6) is 0 Å². The smallest absolute Gasteiger partial charge is 0.0825 e. The van der Waals surface area contributed by atoms with Gasteiger partial charge in [0.05, 0.1) is 28.8 Å². The number of pyridine rings is 1. The molecule has 0 radical (unpaired) electrons. The standard InChI is InChI=1S/C13H15N5/c1-9-13(10(2)17-16-9)14-7-11-8-15-18-6-4-3-5-12(11)18/h3-6,8,14H,7H2,1-2H3,(H,16,17). The molecule has 0 bridgehead atoms.